The summed E-state index contributed by atoms with van der Waals surface area (Å²) < 4.78 is 16.5. The van der Waals surface area contributed by atoms with Crippen molar-refractivity contribution in [2.75, 3.05) is 7.11 Å². The van der Waals surface area contributed by atoms with Gasteiger partial charge in [0, 0.05) is 5.56 Å². The summed E-state index contributed by atoms with van der Waals surface area (Å²) in [5.41, 5.74) is 0.671. The van der Waals surface area contributed by atoms with Crippen LogP contribution < -0.4 is 4.74 Å². The predicted molar refractivity (Wildman–Crippen MR) is 104 cm³/mol. The van der Waals surface area contributed by atoms with Crippen LogP contribution in [0.4, 0.5) is 0 Å². The van der Waals surface area contributed by atoms with Crippen LogP contribution in [-0.4, -0.2) is 41.5 Å². The van der Waals surface area contributed by atoms with Crippen LogP contribution in [-0.2, 0) is 19.1 Å². The zero-order valence-corrected chi connectivity index (χ0v) is 16.8. The molecule has 3 rings (SSSR count). The number of carbonyl (C=O) groups is 2. The first-order valence-electron chi connectivity index (χ1n) is 10.4. The van der Waals surface area contributed by atoms with E-state index in [1.54, 1.807) is 31.4 Å². The zero-order valence-electron chi connectivity index (χ0n) is 16.8. The van der Waals surface area contributed by atoms with E-state index < -0.39 is 12.3 Å². The minimum atomic E-state index is -1.00. The molecule has 1 aromatic rings. The third-order valence-corrected chi connectivity index (χ3v) is 6.04. The molecule has 0 spiro atoms. The number of benzene rings is 1. The number of ether oxygens (including phenoxy) is 3. The van der Waals surface area contributed by atoms with Crippen LogP contribution in [0.2, 0.25) is 0 Å². The molecule has 0 aromatic heterocycles. The van der Waals surface area contributed by atoms with Crippen molar-refractivity contribution in [2.45, 2.75) is 69.9 Å². The SMILES string of the molecule is COc1ccc(C(O)OC2CCC(C(=O)OC3CCC(C(=O)O)CC3)CC2)cc1. The minimum absolute atomic E-state index is 0.0952. The summed E-state index contributed by atoms with van der Waals surface area (Å²) in [6.45, 7) is 0. The van der Waals surface area contributed by atoms with Gasteiger partial charge in [-0.15, -0.1) is 0 Å². The van der Waals surface area contributed by atoms with E-state index in [-0.39, 0.29) is 30.0 Å². The molecule has 0 saturated heterocycles. The number of methoxy groups -OCH3 is 1. The molecule has 0 amide bonds. The van der Waals surface area contributed by atoms with Crippen LogP contribution in [0.5, 0.6) is 5.75 Å². The summed E-state index contributed by atoms with van der Waals surface area (Å²) >= 11 is 0. The lowest BCUT2D eigenvalue weighted by Gasteiger charge is -2.31. The Balaban J connectivity index is 1.39. The fourth-order valence-corrected chi connectivity index (χ4v) is 4.15. The van der Waals surface area contributed by atoms with Gasteiger partial charge in [0.25, 0.3) is 0 Å². The topological polar surface area (TPSA) is 102 Å². The summed E-state index contributed by atoms with van der Waals surface area (Å²) in [5, 5.41) is 19.3. The monoisotopic (exact) mass is 406 g/mol. The van der Waals surface area contributed by atoms with Gasteiger partial charge in [0.15, 0.2) is 6.29 Å². The molecule has 7 nitrogen and oxygen atoms in total. The molecule has 0 aliphatic heterocycles. The second-order valence-corrected chi connectivity index (χ2v) is 7.98. The van der Waals surface area contributed by atoms with E-state index >= 15 is 0 Å². The Bertz CT molecular complexity index is 671. The second-order valence-electron chi connectivity index (χ2n) is 7.98. The largest absolute Gasteiger partial charge is 0.497 e. The Kier molecular flexibility index (Phi) is 7.50. The fraction of sp³-hybridized carbons (Fsp3) is 0.636. The first-order chi connectivity index (χ1) is 14.0. The van der Waals surface area contributed by atoms with Crippen LogP contribution in [0.3, 0.4) is 0 Å². The highest BCUT2D eigenvalue weighted by atomic mass is 16.6. The number of hydrogen-bond donors (Lipinski definition) is 2. The maximum atomic E-state index is 12.5. The van der Waals surface area contributed by atoms with Gasteiger partial charge in [-0.1, -0.05) is 12.1 Å². The highest BCUT2D eigenvalue weighted by Gasteiger charge is 2.33. The first kappa shape index (κ1) is 21.6. The smallest absolute Gasteiger partial charge is 0.309 e. The number of aliphatic carboxylic acids is 1. The number of aliphatic hydroxyl groups excluding tert-OH is 1. The quantitative estimate of drug-likeness (QED) is 0.528. The summed E-state index contributed by atoms with van der Waals surface area (Å²) in [4.78, 5) is 23.5. The second kappa shape index (κ2) is 10.1. The molecule has 1 unspecified atom stereocenters. The molecule has 2 aliphatic rings. The molecular formula is C22H30O7. The number of carboxylic acid groups (broad SMARTS) is 1. The Morgan fingerprint density at radius 2 is 1.45 bits per heavy atom. The minimum Gasteiger partial charge on any atom is -0.497 e. The van der Waals surface area contributed by atoms with Crippen LogP contribution in [0, 0.1) is 11.8 Å². The molecule has 29 heavy (non-hydrogen) atoms. The van der Waals surface area contributed by atoms with Crippen molar-refractivity contribution in [3.05, 3.63) is 29.8 Å². The molecule has 0 heterocycles. The third-order valence-electron chi connectivity index (χ3n) is 6.04. The standard InChI is InChI=1S/C22H30O7/c1-27-17-8-4-15(5-9-17)21(25)29-19-12-6-16(7-13-19)22(26)28-18-10-2-14(3-11-18)20(23)24/h4-5,8-9,14,16,18-19,21,25H,2-3,6-7,10-13H2,1H3,(H,23,24). The lowest BCUT2D eigenvalue weighted by molar-refractivity contribution is -0.165. The number of hydrogen-bond acceptors (Lipinski definition) is 6. The summed E-state index contributed by atoms with van der Waals surface area (Å²) in [6, 6.07) is 7.09. The van der Waals surface area contributed by atoms with Crippen molar-refractivity contribution in [2.24, 2.45) is 11.8 Å². The van der Waals surface area contributed by atoms with Gasteiger partial charge in [-0.2, -0.15) is 0 Å². The average Bonchev–Trinajstić information content (AvgIpc) is 2.74. The van der Waals surface area contributed by atoms with Gasteiger partial charge >= 0.3 is 11.9 Å². The molecule has 2 saturated carbocycles. The Morgan fingerprint density at radius 1 is 0.897 bits per heavy atom. The van der Waals surface area contributed by atoms with Crippen LogP contribution in [0.15, 0.2) is 24.3 Å². The summed E-state index contributed by atoms with van der Waals surface area (Å²) in [7, 11) is 1.59. The Labute approximate surface area is 171 Å². The average molecular weight is 406 g/mol. The molecule has 1 aromatic carbocycles. The summed E-state index contributed by atoms with van der Waals surface area (Å²) in [5.74, 6) is -0.681. The van der Waals surface area contributed by atoms with E-state index in [0.717, 1.165) is 5.75 Å². The van der Waals surface area contributed by atoms with Crippen molar-refractivity contribution in [1.82, 2.24) is 0 Å². The number of esters is 1. The molecule has 1 atom stereocenters. The molecular weight excluding hydrogens is 376 g/mol. The van der Waals surface area contributed by atoms with E-state index in [4.69, 9.17) is 19.3 Å². The van der Waals surface area contributed by atoms with Gasteiger partial charge in [-0.3, -0.25) is 9.59 Å². The Morgan fingerprint density at radius 3 is 2.00 bits per heavy atom. The van der Waals surface area contributed by atoms with Gasteiger partial charge in [0.2, 0.25) is 0 Å². The molecule has 0 radical (unpaired) electrons. The highest BCUT2D eigenvalue weighted by Crippen LogP contribution is 2.32. The van der Waals surface area contributed by atoms with E-state index in [1.165, 1.54) is 0 Å². The van der Waals surface area contributed by atoms with Crippen molar-refractivity contribution >= 4 is 11.9 Å². The van der Waals surface area contributed by atoms with E-state index in [0.29, 0.717) is 56.9 Å². The number of carbonyl (C=O) groups excluding carboxylic acids is 1. The molecule has 160 valence electrons. The number of aliphatic hydroxyl groups is 1. The van der Waals surface area contributed by atoms with E-state index in [2.05, 4.69) is 0 Å². The molecule has 7 heteroatoms. The molecule has 2 aliphatic carbocycles. The number of carboxylic acids is 1. The molecule has 2 N–H and O–H groups in total. The van der Waals surface area contributed by atoms with Crippen LogP contribution in [0.1, 0.15) is 63.2 Å². The van der Waals surface area contributed by atoms with Crippen LogP contribution >= 0.6 is 0 Å². The van der Waals surface area contributed by atoms with Gasteiger partial charge in [0.05, 0.1) is 25.0 Å². The third kappa shape index (κ3) is 5.93. The van der Waals surface area contributed by atoms with Crippen molar-refractivity contribution in [3.8, 4) is 5.75 Å². The number of rotatable bonds is 7. The predicted octanol–water partition coefficient (Wildman–Crippen LogP) is 3.45. The fourth-order valence-electron chi connectivity index (χ4n) is 4.15. The van der Waals surface area contributed by atoms with Crippen molar-refractivity contribution < 1.29 is 34.0 Å². The summed E-state index contributed by atoms with van der Waals surface area (Å²) in [6.07, 6.45) is 3.84. The maximum absolute atomic E-state index is 12.5. The lowest BCUT2D eigenvalue weighted by atomic mass is 9.86. The van der Waals surface area contributed by atoms with Gasteiger partial charge in [-0.25, -0.2) is 0 Å². The van der Waals surface area contributed by atoms with E-state index in [1.807, 2.05) is 0 Å². The zero-order chi connectivity index (χ0) is 20.8. The van der Waals surface area contributed by atoms with E-state index in [9.17, 15) is 14.7 Å². The highest BCUT2D eigenvalue weighted by molar-refractivity contribution is 5.73. The van der Waals surface area contributed by atoms with Crippen LogP contribution in [0.25, 0.3) is 0 Å². The van der Waals surface area contributed by atoms with Gasteiger partial charge in [0.1, 0.15) is 11.9 Å². The van der Waals surface area contributed by atoms with Crippen molar-refractivity contribution in [3.63, 3.8) is 0 Å². The lowest BCUT2D eigenvalue weighted by Crippen LogP contribution is -2.33. The van der Waals surface area contributed by atoms with Gasteiger partial charge in [-0.05, 0) is 63.5 Å². The van der Waals surface area contributed by atoms with Crippen molar-refractivity contribution in [1.29, 1.82) is 0 Å². The Hall–Kier alpha value is -2.12. The normalized spacial score (nSPS) is 28.3. The molecule has 2 fully saturated rings. The molecule has 0 bridgehead atoms. The maximum Gasteiger partial charge on any atom is 0.309 e. The van der Waals surface area contributed by atoms with Gasteiger partial charge < -0.3 is 24.4 Å². The first-order valence-corrected chi connectivity index (χ1v) is 10.4.